The normalized spacial score (nSPS) is 17.6. The predicted octanol–water partition coefficient (Wildman–Crippen LogP) is 2.18. The van der Waals surface area contributed by atoms with Crippen molar-refractivity contribution in [1.29, 1.82) is 0 Å². The molecule has 0 amide bonds. The Kier molecular flexibility index (Phi) is 2.43. The standard InChI is InChI=1S/C12H16FNO/c1-8-5-9(7-12(14)3-4-12)6-10(15-2)11(8)13/h5-6H,3-4,7,14H2,1-2H3. The van der Waals surface area contributed by atoms with E-state index in [0.717, 1.165) is 24.8 Å². The van der Waals surface area contributed by atoms with Gasteiger partial charge in [-0.05, 0) is 43.4 Å². The SMILES string of the molecule is COc1cc(CC2(N)CC2)cc(C)c1F. The summed E-state index contributed by atoms with van der Waals surface area (Å²) >= 11 is 0. The molecule has 0 bridgehead atoms. The van der Waals surface area contributed by atoms with Crippen molar-refractivity contribution < 1.29 is 9.13 Å². The summed E-state index contributed by atoms with van der Waals surface area (Å²) < 4.78 is 18.5. The molecule has 0 atom stereocenters. The Labute approximate surface area is 89.2 Å². The maximum atomic E-state index is 13.5. The molecule has 2 N–H and O–H groups in total. The molecule has 1 aromatic carbocycles. The lowest BCUT2D eigenvalue weighted by molar-refractivity contribution is 0.384. The summed E-state index contributed by atoms with van der Waals surface area (Å²) in [6.07, 6.45) is 2.93. The van der Waals surface area contributed by atoms with Crippen molar-refractivity contribution >= 4 is 0 Å². The van der Waals surface area contributed by atoms with Crippen LogP contribution in [0.15, 0.2) is 12.1 Å². The topological polar surface area (TPSA) is 35.2 Å². The Bertz CT molecular complexity index is 385. The van der Waals surface area contributed by atoms with Crippen molar-refractivity contribution in [2.75, 3.05) is 7.11 Å². The Balaban J connectivity index is 2.28. The van der Waals surface area contributed by atoms with Gasteiger partial charge in [-0.25, -0.2) is 4.39 Å². The Morgan fingerprint density at radius 2 is 2.13 bits per heavy atom. The highest BCUT2D eigenvalue weighted by atomic mass is 19.1. The van der Waals surface area contributed by atoms with E-state index in [4.69, 9.17) is 10.5 Å². The van der Waals surface area contributed by atoms with Crippen LogP contribution in [0.5, 0.6) is 5.75 Å². The van der Waals surface area contributed by atoms with Crippen molar-refractivity contribution in [2.24, 2.45) is 5.73 Å². The molecule has 1 aromatic rings. The molecule has 15 heavy (non-hydrogen) atoms. The van der Waals surface area contributed by atoms with E-state index in [-0.39, 0.29) is 11.4 Å². The van der Waals surface area contributed by atoms with Crippen LogP contribution in [0.2, 0.25) is 0 Å². The summed E-state index contributed by atoms with van der Waals surface area (Å²) in [4.78, 5) is 0. The van der Waals surface area contributed by atoms with E-state index in [9.17, 15) is 4.39 Å². The molecular formula is C12H16FNO. The minimum Gasteiger partial charge on any atom is -0.494 e. The first kappa shape index (κ1) is 10.4. The summed E-state index contributed by atoms with van der Waals surface area (Å²) in [6.45, 7) is 1.75. The molecule has 2 rings (SSSR count). The van der Waals surface area contributed by atoms with Crippen molar-refractivity contribution in [3.05, 3.63) is 29.1 Å². The van der Waals surface area contributed by atoms with Crippen molar-refractivity contribution in [3.63, 3.8) is 0 Å². The summed E-state index contributed by atoms with van der Waals surface area (Å²) in [5.74, 6) is 0.0392. The number of rotatable bonds is 3. The van der Waals surface area contributed by atoms with E-state index in [1.54, 1.807) is 13.0 Å². The van der Waals surface area contributed by atoms with Gasteiger partial charge in [-0.3, -0.25) is 0 Å². The third-order valence-electron chi connectivity index (χ3n) is 2.95. The second-order valence-electron chi connectivity index (χ2n) is 4.47. The van der Waals surface area contributed by atoms with Gasteiger partial charge < -0.3 is 10.5 Å². The van der Waals surface area contributed by atoms with Gasteiger partial charge in [-0.2, -0.15) is 0 Å². The Morgan fingerprint density at radius 3 is 2.67 bits per heavy atom. The van der Waals surface area contributed by atoms with Gasteiger partial charge in [-0.1, -0.05) is 6.07 Å². The molecule has 0 spiro atoms. The van der Waals surface area contributed by atoms with Crippen LogP contribution in [0, 0.1) is 12.7 Å². The first-order valence-electron chi connectivity index (χ1n) is 5.16. The van der Waals surface area contributed by atoms with Gasteiger partial charge >= 0.3 is 0 Å². The van der Waals surface area contributed by atoms with Gasteiger partial charge in [0.15, 0.2) is 11.6 Å². The molecule has 1 aliphatic carbocycles. The lowest BCUT2D eigenvalue weighted by Crippen LogP contribution is -2.24. The quantitative estimate of drug-likeness (QED) is 0.828. The van der Waals surface area contributed by atoms with E-state index < -0.39 is 0 Å². The number of methoxy groups -OCH3 is 1. The van der Waals surface area contributed by atoms with Crippen LogP contribution in [-0.2, 0) is 6.42 Å². The summed E-state index contributed by atoms with van der Waals surface area (Å²) in [6, 6.07) is 3.60. The molecule has 82 valence electrons. The van der Waals surface area contributed by atoms with Crippen LogP contribution in [0.25, 0.3) is 0 Å². The van der Waals surface area contributed by atoms with Crippen LogP contribution < -0.4 is 10.5 Å². The third-order valence-corrected chi connectivity index (χ3v) is 2.95. The largest absolute Gasteiger partial charge is 0.494 e. The molecule has 1 aliphatic rings. The second-order valence-corrected chi connectivity index (χ2v) is 4.47. The molecule has 1 saturated carbocycles. The molecule has 0 aliphatic heterocycles. The first-order valence-corrected chi connectivity index (χ1v) is 5.16. The zero-order valence-corrected chi connectivity index (χ0v) is 9.14. The maximum absolute atomic E-state index is 13.5. The minimum absolute atomic E-state index is 0.0463. The van der Waals surface area contributed by atoms with E-state index >= 15 is 0 Å². The van der Waals surface area contributed by atoms with Gasteiger partial charge in [0.25, 0.3) is 0 Å². The average molecular weight is 209 g/mol. The summed E-state index contributed by atoms with van der Waals surface area (Å²) in [7, 11) is 1.48. The van der Waals surface area contributed by atoms with Crippen LogP contribution in [-0.4, -0.2) is 12.6 Å². The van der Waals surface area contributed by atoms with E-state index in [0.29, 0.717) is 11.3 Å². The molecule has 1 fully saturated rings. The molecule has 0 radical (unpaired) electrons. The van der Waals surface area contributed by atoms with Gasteiger partial charge in [-0.15, -0.1) is 0 Å². The predicted molar refractivity (Wildman–Crippen MR) is 57.5 cm³/mol. The van der Waals surface area contributed by atoms with Gasteiger partial charge in [0.05, 0.1) is 7.11 Å². The second kappa shape index (κ2) is 3.49. The summed E-state index contributed by atoms with van der Waals surface area (Å²) in [5, 5.41) is 0. The number of hydrogen-bond donors (Lipinski definition) is 1. The zero-order valence-electron chi connectivity index (χ0n) is 9.14. The smallest absolute Gasteiger partial charge is 0.167 e. The van der Waals surface area contributed by atoms with Crippen molar-refractivity contribution in [2.45, 2.75) is 31.7 Å². The molecular weight excluding hydrogens is 193 g/mol. The number of ether oxygens (including phenoxy) is 1. The minimum atomic E-state index is -0.275. The fraction of sp³-hybridized carbons (Fsp3) is 0.500. The highest BCUT2D eigenvalue weighted by Gasteiger charge is 2.38. The fourth-order valence-corrected chi connectivity index (χ4v) is 1.80. The van der Waals surface area contributed by atoms with Crippen LogP contribution in [0.3, 0.4) is 0 Å². The lowest BCUT2D eigenvalue weighted by atomic mass is 10.0. The molecule has 3 heteroatoms. The van der Waals surface area contributed by atoms with Crippen LogP contribution >= 0.6 is 0 Å². The van der Waals surface area contributed by atoms with E-state index in [2.05, 4.69) is 0 Å². The maximum Gasteiger partial charge on any atom is 0.167 e. The zero-order chi connectivity index (χ0) is 11.1. The van der Waals surface area contributed by atoms with Crippen LogP contribution in [0.4, 0.5) is 4.39 Å². The number of halogens is 1. The fourth-order valence-electron chi connectivity index (χ4n) is 1.80. The Morgan fingerprint density at radius 1 is 1.47 bits per heavy atom. The molecule has 0 heterocycles. The molecule has 2 nitrogen and oxygen atoms in total. The Hall–Kier alpha value is -1.09. The molecule has 0 unspecified atom stereocenters. The van der Waals surface area contributed by atoms with Gasteiger partial charge in [0, 0.05) is 5.54 Å². The molecule has 0 saturated heterocycles. The molecule has 0 aromatic heterocycles. The summed E-state index contributed by atoms with van der Waals surface area (Å²) in [5.41, 5.74) is 7.66. The van der Waals surface area contributed by atoms with E-state index in [1.807, 2.05) is 6.07 Å². The highest BCUT2D eigenvalue weighted by molar-refractivity contribution is 5.37. The van der Waals surface area contributed by atoms with Crippen molar-refractivity contribution in [3.8, 4) is 5.75 Å². The number of nitrogens with two attached hydrogens (primary N) is 1. The van der Waals surface area contributed by atoms with Gasteiger partial charge in [0.2, 0.25) is 0 Å². The number of hydrogen-bond acceptors (Lipinski definition) is 2. The highest BCUT2D eigenvalue weighted by Crippen LogP contribution is 2.36. The van der Waals surface area contributed by atoms with Crippen molar-refractivity contribution in [1.82, 2.24) is 0 Å². The number of aryl methyl sites for hydroxylation is 1. The monoisotopic (exact) mass is 209 g/mol. The van der Waals surface area contributed by atoms with E-state index in [1.165, 1.54) is 7.11 Å². The number of benzene rings is 1. The van der Waals surface area contributed by atoms with Crippen LogP contribution in [0.1, 0.15) is 24.0 Å². The third kappa shape index (κ3) is 2.12. The average Bonchev–Trinajstić information content (AvgIpc) is 2.89. The lowest BCUT2D eigenvalue weighted by Gasteiger charge is -2.12. The van der Waals surface area contributed by atoms with Gasteiger partial charge in [0.1, 0.15) is 0 Å². The first-order chi connectivity index (χ1) is 7.04.